The van der Waals surface area contributed by atoms with Crippen molar-refractivity contribution in [2.24, 2.45) is 5.10 Å². The average Bonchev–Trinajstić information content (AvgIpc) is 2.89. The molecule has 11 nitrogen and oxygen atoms in total. The van der Waals surface area contributed by atoms with Crippen LogP contribution in [0.4, 0.5) is 23.5 Å². The number of nitrogens with zero attached hydrogens (tertiary/aromatic N) is 5. The Morgan fingerprint density at radius 1 is 1.03 bits per heavy atom. The third kappa shape index (κ3) is 6.81. The Hall–Kier alpha value is -4.41. The average molecular weight is 492 g/mol. The molecule has 0 aliphatic carbocycles. The molecule has 1 aliphatic heterocycles. The normalized spacial score (nSPS) is 13.4. The maximum Gasteiger partial charge on any atom is 0.341 e. The molecule has 0 amide bonds. The second-order valence-corrected chi connectivity index (χ2v) is 7.98. The predicted molar refractivity (Wildman–Crippen MR) is 138 cm³/mol. The second kappa shape index (κ2) is 12.3. The van der Waals surface area contributed by atoms with E-state index in [1.54, 1.807) is 18.2 Å². The summed E-state index contributed by atoms with van der Waals surface area (Å²) in [5.41, 5.74) is 4.27. The first kappa shape index (κ1) is 24.7. The molecule has 4 rings (SSSR count). The number of hydrazone groups is 1. The minimum Gasteiger partial charge on any atom is -0.490 e. The van der Waals surface area contributed by atoms with Crippen molar-refractivity contribution in [1.29, 1.82) is 0 Å². The summed E-state index contributed by atoms with van der Waals surface area (Å²) < 4.78 is 11.1. The van der Waals surface area contributed by atoms with Gasteiger partial charge in [0.15, 0.2) is 18.1 Å². The Morgan fingerprint density at radius 2 is 1.81 bits per heavy atom. The molecule has 0 saturated carbocycles. The summed E-state index contributed by atoms with van der Waals surface area (Å²) >= 11 is 0. The Kier molecular flexibility index (Phi) is 8.47. The zero-order valence-electron chi connectivity index (χ0n) is 20.1. The number of carboxylic acid groups (broad SMARTS) is 1. The number of nitrogens with one attached hydrogen (secondary N) is 2. The van der Waals surface area contributed by atoms with E-state index >= 15 is 0 Å². The first-order valence-electron chi connectivity index (χ1n) is 11.8. The molecule has 36 heavy (non-hydrogen) atoms. The van der Waals surface area contributed by atoms with Crippen LogP contribution in [0.15, 0.2) is 53.6 Å². The lowest BCUT2D eigenvalue weighted by Gasteiger charge is -2.26. The summed E-state index contributed by atoms with van der Waals surface area (Å²) in [5, 5.41) is 16.5. The van der Waals surface area contributed by atoms with E-state index in [1.165, 1.54) is 12.6 Å². The zero-order chi connectivity index (χ0) is 25.2. The van der Waals surface area contributed by atoms with Crippen LogP contribution >= 0.6 is 0 Å². The fourth-order valence-electron chi connectivity index (χ4n) is 3.71. The van der Waals surface area contributed by atoms with Crippen LogP contribution in [0.5, 0.6) is 11.5 Å². The number of benzene rings is 2. The van der Waals surface area contributed by atoms with Gasteiger partial charge >= 0.3 is 5.97 Å². The van der Waals surface area contributed by atoms with E-state index in [1.807, 2.05) is 37.3 Å². The van der Waals surface area contributed by atoms with Gasteiger partial charge in [0.1, 0.15) is 0 Å². The van der Waals surface area contributed by atoms with Gasteiger partial charge < -0.3 is 24.8 Å². The van der Waals surface area contributed by atoms with Crippen LogP contribution in [0.1, 0.15) is 31.7 Å². The first-order chi connectivity index (χ1) is 17.6. The molecule has 1 fully saturated rings. The number of hydrogen-bond donors (Lipinski definition) is 3. The van der Waals surface area contributed by atoms with Crippen molar-refractivity contribution in [3.05, 3.63) is 54.1 Å². The standard InChI is InChI=1S/C25H29N7O4/c1-2-35-20-13-9-10-18(22(20)36-17-21(33)34)16-26-31-24-28-23(27-19-11-5-3-6-12-19)29-25(30-24)32-14-7-4-8-15-32/h3,5-6,9-13,16H,2,4,7-8,14-15,17H2,1H3,(H,33,34)(H2,27,28,29,30,31)/b26-16+. The van der Waals surface area contributed by atoms with Crippen LogP contribution < -0.4 is 25.1 Å². The number of anilines is 4. The van der Waals surface area contributed by atoms with Gasteiger partial charge in [-0.25, -0.2) is 10.2 Å². The van der Waals surface area contributed by atoms with Crippen LogP contribution in [0, 0.1) is 0 Å². The highest BCUT2D eigenvalue weighted by Gasteiger charge is 2.17. The molecule has 0 bridgehead atoms. The third-order valence-corrected chi connectivity index (χ3v) is 5.31. The number of rotatable bonds is 11. The topological polar surface area (TPSA) is 134 Å². The molecule has 2 heterocycles. The van der Waals surface area contributed by atoms with Crippen molar-refractivity contribution in [2.75, 3.05) is 41.9 Å². The minimum absolute atomic E-state index is 0.272. The number of carboxylic acids is 1. The lowest BCUT2D eigenvalue weighted by molar-refractivity contribution is -0.139. The molecular formula is C25H29N7O4. The van der Waals surface area contributed by atoms with E-state index in [-0.39, 0.29) is 5.95 Å². The number of hydrogen-bond acceptors (Lipinski definition) is 10. The number of para-hydroxylation sites is 2. The Bertz CT molecular complexity index is 1180. The fraction of sp³-hybridized carbons (Fsp3) is 0.320. The number of aliphatic carboxylic acids is 1. The van der Waals surface area contributed by atoms with Crippen LogP contribution in [-0.4, -0.2) is 58.5 Å². The Balaban J connectivity index is 1.57. The summed E-state index contributed by atoms with van der Waals surface area (Å²) in [5.74, 6) is 0.890. The SMILES string of the molecule is CCOc1cccc(/C=N/Nc2nc(Nc3ccccc3)nc(N3CCCCC3)n2)c1OCC(=O)O. The van der Waals surface area contributed by atoms with E-state index in [0.717, 1.165) is 31.6 Å². The van der Waals surface area contributed by atoms with Crippen molar-refractivity contribution < 1.29 is 19.4 Å². The van der Waals surface area contributed by atoms with E-state index < -0.39 is 12.6 Å². The van der Waals surface area contributed by atoms with Gasteiger partial charge in [-0.1, -0.05) is 24.3 Å². The zero-order valence-corrected chi connectivity index (χ0v) is 20.1. The highest BCUT2D eigenvalue weighted by molar-refractivity contribution is 5.85. The second-order valence-electron chi connectivity index (χ2n) is 7.98. The van der Waals surface area contributed by atoms with Gasteiger partial charge in [0, 0.05) is 24.3 Å². The summed E-state index contributed by atoms with van der Waals surface area (Å²) in [4.78, 5) is 26.8. The van der Waals surface area contributed by atoms with Crippen LogP contribution in [0.3, 0.4) is 0 Å². The van der Waals surface area contributed by atoms with Crippen molar-refractivity contribution in [3.8, 4) is 11.5 Å². The summed E-state index contributed by atoms with van der Waals surface area (Å²) in [6.07, 6.45) is 4.88. The van der Waals surface area contributed by atoms with Gasteiger partial charge in [-0.3, -0.25) is 0 Å². The third-order valence-electron chi connectivity index (χ3n) is 5.31. The Morgan fingerprint density at radius 3 is 2.56 bits per heavy atom. The van der Waals surface area contributed by atoms with E-state index in [2.05, 4.69) is 35.7 Å². The highest BCUT2D eigenvalue weighted by Crippen LogP contribution is 2.30. The van der Waals surface area contributed by atoms with E-state index in [4.69, 9.17) is 14.6 Å². The number of ether oxygens (including phenoxy) is 2. The molecule has 0 radical (unpaired) electrons. The van der Waals surface area contributed by atoms with Gasteiger partial charge in [-0.05, 0) is 50.5 Å². The number of aromatic nitrogens is 3. The van der Waals surface area contributed by atoms with Gasteiger partial charge in [0.2, 0.25) is 17.8 Å². The van der Waals surface area contributed by atoms with Crippen molar-refractivity contribution in [1.82, 2.24) is 15.0 Å². The van der Waals surface area contributed by atoms with E-state index in [9.17, 15) is 4.79 Å². The molecule has 0 unspecified atom stereocenters. The van der Waals surface area contributed by atoms with E-state index in [0.29, 0.717) is 35.6 Å². The molecule has 2 aromatic carbocycles. The minimum atomic E-state index is -1.09. The molecule has 11 heteroatoms. The number of piperidine rings is 1. The molecular weight excluding hydrogens is 462 g/mol. The van der Waals surface area contributed by atoms with Gasteiger partial charge in [0.05, 0.1) is 12.8 Å². The molecule has 3 aromatic rings. The quantitative estimate of drug-likeness (QED) is 0.268. The summed E-state index contributed by atoms with van der Waals surface area (Å²) in [7, 11) is 0. The first-order valence-corrected chi connectivity index (χ1v) is 11.8. The van der Waals surface area contributed by atoms with Crippen LogP contribution in [0.25, 0.3) is 0 Å². The van der Waals surface area contributed by atoms with Crippen molar-refractivity contribution in [3.63, 3.8) is 0 Å². The molecule has 0 atom stereocenters. The maximum atomic E-state index is 11.0. The van der Waals surface area contributed by atoms with Gasteiger partial charge in [-0.2, -0.15) is 20.1 Å². The maximum absolute atomic E-state index is 11.0. The van der Waals surface area contributed by atoms with Gasteiger partial charge in [0.25, 0.3) is 0 Å². The molecule has 0 spiro atoms. The smallest absolute Gasteiger partial charge is 0.341 e. The highest BCUT2D eigenvalue weighted by atomic mass is 16.5. The van der Waals surface area contributed by atoms with Crippen molar-refractivity contribution >= 4 is 35.7 Å². The summed E-state index contributed by atoms with van der Waals surface area (Å²) in [6.45, 7) is 3.51. The fourth-order valence-corrected chi connectivity index (χ4v) is 3.71. The lowest BCUT2D eigenvalue weighted by Crippen LogP contribution is -2.31. The Labute approximate surface area is 209 Å². The summed E-state index contributed by atoms with van der Waals surface area (Å²) in [6, 6.07) is 14.9. The van der Waals surface area contributed by atoms with Crippen molar-refractivity contribution in [2.45, 2.75) is 26.2 Å². The molecule has 1 aromatic heterocycles. The monoisotopic (exact) mass is 491 g/mol. The van der Waals surface area contributed by atoms with Crippen LogP contribution in [-0.2, 0) is 4.79 Å². The lowest BCUT2D eigenvalue weighted by atomic mass is 10.1. The van der Waals surface area contributed by atoms with Gasteiger partial charge in [-0.15, -0.1) is 0 Å². The molecule has 188 valence electrons. The molecule has 1 saturated heterocycles. The largest absolute Gasteiger partial charge is 0.490 e. The molecule has 3 N–H and O–H groups in total. The number of carbonyl (C=O) groups is 1. The predicted octanol–water partition coefficient (Wildman–Crippen LogP) is 3.91. The van der Waals surface area contributed by atoms with Crippen LogP contribution in [0.2, 0.25) is 0 Å². The molecule has 1 aliphatic rings.